The van der Waals surface area contributed by atoms with Crippen molar-refractivity contribution in [2.24, 2.45) is 5.92 Å². The van der Waals surface area contributed by atoms with E-state index in [1.165, 1.54) is 35.7 Å². The third-order valence-electron chi connectivity index (χ3n) is 4.82. The molecule has 0 spiro atoms. The summed E-state index contributed by atoms with van der Waals surface area (Å²) in [5.41, 5.74) is 5.11. The average molecular weight is 395 g/mol. The quantitative estimate of drug-likeness (QED) is 0.362. The molecule has 27 heavy (non-hydrogen) atoms. The van der Waals surface area contributed by atoms with E-state index in [2.05, 4.69) is 70.8 Å². The molecule has 140 valence electrons. The van der Waals surface area contributed by atoms with Gasteiger partial charge in [-0.2, -0.15) is 0 Å². The van der Waals surface area contributed by atoms with Crippen LogP contribution in [0.15, 0.2) is 30.6 Å². The van der Waals surface area contributed by atoms with Crippen molar-refractivity contribution in [3.8, 4) is 10.6 Å². The fraction of sp³-hybridized carbons (Fsp3) is 0.391. The lowest BCUT2D eigenvalue weighted by Gasteiger charge is -2.17. The van der Waals surface area contributed by atoms with E-state index in [0.29, 0.717) is 5.92 Å². The van der Waals surface area contributed by atoms with Crippen molar-refractivity contribution in [2.45, 2.75) is 53.4 Å². The van der Waals surface area contributed by atoms with Crippen LogP contribution in [0, 0.1) is 12.8 Å². The Morgan fingerprint density at radius 3 is 2.48 bits per heavy atom. The van der Waals surface area contributed by atoms with Crippen molar-refractivity contribution in [2.75, 3.05) is 0 Å². The van der Waals surface area contributed by atoms with Crippen molar-refractivity contribution < 1.29 is 0 Å². The molecule has 0 atom stereocenters. The summed E-state index contributed by atoms with van der Waals surface area (Å²) >= 11 is 3.73. The number of benzene rings is 1. The van der Waals surface area contributed by atoms with Crippen molar-refractivity contribution in [3.05, 3.63) is 46.6 Å². The Hall–Kier alpha value is -1.78. The van der Waals surface area contributed by atoms with Crippen molar-refractivity contribution in [1.29, 1.82) is 0 Å². The minimum atomic E-state index is 0.156. The van der Waals surface area contributed by atoms with Crippen LogP contribution >= 0.6 is 22.7 Å². The van der Waals surface area contributed by atoms with Crippen LogP contribution in [0.3, 0.4) is 0 Å². The van der Waals surface area contributed by atoms with E-state index < -0.39 is 0 Å². The van der Waals surface area contributed by atoms with Gasteiger partial charge in [-0.05, 0) is 41.9 Å². The number of aryl methyl sites for hydroxylation is 1. The summed E-state index contributed by atoms with van der Waals surface area (Å²) in [6.07, 6.45) is 2.82. The second kappa shape index (κ2) is 6.68. The zero-order valence-corrected chi connectivity index (χ0v) is 18.5. The van der Waals surface area contributed by atoms with Gasteiger partial charge in [0.05, 0.1) is 15.1 Å². The predicted molar refractivity (Wildman–Crippen MR) is 120 cm³/mol. The van der Waals surface area contributed by atoms with Crippen LogP contribution in [0.25, 0.3) is 30.9 Å². The Morgan fingerprint density at radius 1 is 1.04 bits per heavy atom. The number of rotatable bonds is 3. The Balaban J connectivity index is 1.95. The monoisotopic (exact) mass is 394 g/mol. The maximum Gasteiger partial charge on any atom is 0.116 e. The number of fused-ring (bicyclic) bond motifs is 3. The molecule has 0 aliphatic rings. The molecule has 0 amide bonds. The van der Waals surface area contributed by atoms with Gasteiger partial charge in [0, 0.05) is 15.0 Å². The van der Waals surface area contributed by atoms with E-state index in [1.54, 1.807) is 6.33 Å². The number of aromatic nitrogens is 2. The molecule has 4 rings (SSSR count). The van der Waals surface area contributed by atoms with Gasteiger partial charge in [-0.25, -0.2) is 9.97 Å². The van der Waals surface area contributed by atoms with Crippen LogP contribution in [0.4, 0.5) is 0 Å². The summed E-state index contributed by atoms with van der Waals surface area (Å²) in [6, 6.07) is 8.93. The summed E-state index contributed by atoms with van der Waals surface area (Å²) in [7, 11) is 0. The highest BCUT2D eigenvalue weighted by Crippen LogP contribution is 2.43. The fourth-order valence-electron chi connectivity index (χ4n) is 3.78. The molecule has 0 bridgehead atoms. The molecule has 0 unspecified atom stereocenters. The van der Waals surface area contributed by atoms with E-state index in [0.717, 1.165) is 17.6 Å². The maximum atomic E-state index is 4.71. The lowest BCUT2D eigenvalue weighted by atomic mass is 9.92. The first-order valence-corrected chi connectivity index (χ1v) is 11.2. The molecule has 3 heterocycles. The Labute approximate surface area is 169 Å². The lowest BCUT2D eigenvalue weighted by molar-refractivity contribution is 0.600. The van der Waals surface area contributed by atoms with Gasteiger partial charge in [0.2, 0.25) is 0 Å². The molecule has 0 aliphatic carbocycles. The van der Waals surface area contributed by atoms with E-state index in [4.69, 9.17) is 4.98 Å². The van der Waals surface area contributed by atoms with Gasteiger partial charge in [-0.15, -0.1) is 22.7 Å². The molecule has 4 heteroatoms. The molecular weight excluding hydrogens is 368 g/mol. The minimum Gasteiger partial charge on any atom is -0.235 e. The molecule has 0 saturated heterocycles. The van der Waals surface area contributed by atoms with Gasteiger partial charge in [0.1, 0.15) is 12.0 Å². The van der Waals surface area contributed by atoms with Gasteiger partial charge in [0.25, 0.3) is 0 Å². The maximum absolute atomic E-state index is 4.71. The Bertz CT molecular complexity index is 1130. The summed E-state index contributed by atoms with van der Waals surface area (Å²) in [5, 5.41) is 1.26. The lowest BCUT2D eigenvalue weighted by Crippen LogP contribution is -2.09. The standard InChI is InChI=1S/C23H26N2S2/c1-13(2)10-15-8-7-9-16-18-21(27-20(15)16)19(25-12-24-18)17-11-14(3)22(26-17)23(4,5)6/h7-9,11-13H,10H2,1-6H3. The first-order valence-electron chi connectivity index (χ1n) is 9.52. The van der Waals surface area contributed by atoms with E-state index >= 15 is 0 Å². The van der Waals surface area contributed by atoms with Crippen LogP contribution in [-0.2, 0) is 11.8 Å². The molecule has 0 saturated carbocycles. The summed E-state index contributed by atoms with van der Waals surface area (Å²) < 4.78 is 2.58. The van der Waals surface area contributed by atoms with Gasteiger partial charge >= 0.3 is 0 Å². The van der Waals surface area contributed by atoms with Crippen LogP contribution in [0.5, 0.6) is 0 Å². The highest BCUT2D eigenvalue weighted by Gasteiger charge is 2.22. The van der Waals surface area contributed by atoms with E-state index in [-0.39, 0.29) is 5.41 Å². The number of hydrogen-bond donors (Lipinski definition) is 0. The molecule has 0 aliphatic heterocycles. The van der Waals surface area contributed by atoms with E-state index in [1.807, 2.05) is 22.7 Å². The van der Waals surface area contributed by atoms with Crippen molar-refractivity contribution in [3.63, 3.8) is 0 Å². The summed E-state index contributed by atoms with van der Waals surface area (Å²) in [4.78, 5) is 12.1. The first kappa shape index (κ1) is 18.6. The molecule has 3 aromatic heterocycles. The number of hydrogen-bond acceptors (Lipinski definition) is 4. The summed E-state index contributed by atoms with van der Waals surface area (Å²) in [6.45, 7) is 13.6. The second-order valence-electron chi connectivity index (χ2n) is 8.77. The fourth-order valence-corrected chi connectivity index (χ4v) is 6.35. The molecule has 0 fully saturated rings. The zero-order valence-electron chi connectivity index (χ0n) is 16.9. The van der Waals surface area contributed by atoms with Crippen molar-refractivity contribution >= 4 is 43.0 Å². The normalized spacial score (nSPS) is 12.6. The highest BCUT2D eigenvalue weighted by atomic mass is 32.1. The molecule has 0 radical (unpaired) electrons. The minimum absolute atomic E-state index is 0.156. The molecular formula is C23H26N2S2. The SMILES string of the molecule is Cc1cc(-c2ncnc3c2sc2c(CC(C)C)cccc23)sc1C(C)(C)C. The van der Waals surface area contributed by atoms with Crippen LogP contribution in [-0.4, -0.2) is 9.97 Å². The number of nitrogens with zero attached hydrogens (tertiary/aromatic N) is 2. The molecule has 1 aromatic carbocycles. The number of thiophene rings is 2. The average Bonchev–Trinajstić information content (AvgIpc) is 3.15. The van der Waals surface area contributed by atoms with Crippen LogP contribution in [0.1, 0.15) is 50.6 Å². The third kappa shape index (κ3) is 3.30. The Kier molecular flexibility index (Phi) is 4.59. The van der Waals surface area contributed by atoms with Crippen molar-refractivity contribution in [1.82, 2.24) is 9.97 Å². The van der Waals surface area contributed by atoms with Crippen LogP contribution < -0.4 is 0 Å². The van der Waals surface area contributed by atoms with Gasteiger partial charge in [-0.1, -0.05) is 52.8 Å². The molecule has 4 aromatic rings. The van der Waals surface area contributed by atoms with Crippen LogP contribution in [0.2, 0.25) is 0 Å². The van der Waals surface area contributed by atoms with Gasteiger partial charge < -0.3 is 0 Å². The van der Waals surface area contributed by atoms with Gasteiger partial charge in [-0.3, -0.25) is 0 Å². The second-order valence-corrected chi connectivity index (χ2v) is 10.8. The predicted octanol–water partition coefficient (Wildman–Crippen LogP) is 7.38. The smallest absolute Gasteiger partial charge is 0.116 e. The van der Waals surface area contributed by atoms with Gasteiger partial charge in [0.15, 0.2) is 0 Å². The topological polar surface area (TPSA) is 25.8 Å². The Morgan fingerprint density at radius 2 is 1.81 bits per heavy atom. The largest absolute Gasteiger partial charge is 0.235 e. The summed E-state index contributed by atoms with van der Waals surface area (Å²) in [5.74, 6) is 0.639. The first-order chi connectivity index (χ1) is 12.8. The van der Waals surface area contributed by atoms with E-state index in [9.17, 15) is 0 Å². The molecule has 0 N–H and O–H groups in total. The zero-order chi connectivity index (χ0) is 19.3. The third-order valence-corrected chi connectivity index (χ3v) is 7.77. The highest BCUT2D eigenvalue weighted by molar-refractivity contribution is 7.27. The molecule has 2 nitrogen and oxygen atoms in total.